The third-order valence-electron chi connectivity index (χ3n) is 4.02. The average molecular weight is 408 g/mol. The maximum absolute atomic E-state index is 13.2. The van der Waals surface area contributed by atoms with E-state index in [1.807, 2.05) is 4.72 Å². The molecule has 6 nitrogen and oxygen atoms in total. The number of nitrogens with zero attached hydrogens (tertiary/aromatic N) is 1. The van der Waals surface area contributed by atoms with Gasteiger partial charge in [-0.2, -0.15) is 0 Å². The van der Waals surface area contributed by atoms with Crippen LogP contribution in [-0.2, 0) is 14.8 Å². The fraction of sp³-hybridized carbons (Fsp3) is 0.222. The smallest absolute Gasteiger partial charge is 0.264 e. The SMILES string of the molecule is Cc1cc(C(=O)NS(C)(=O)=O)ccc1N1C(=O)CSC1c1ccc(F)cc1. The van der Waals surface area contributed by atoms with Crippen LogP contribution in [0.25, 0.3) is 0 Å². The second kappa shape index (κ2) is 7.32. The summed E-state index contributed by atoms with van der Waals surface area (Å²) in [7, 11) is -3.67. The molecule has 1 N–H and O–H groups in total. The van der Waals surface area contributed by atoms with Crippen LogP contribution in [0.4, 0.5) is 10.1 Å². The fourth-order valence-electron chi connectivity index (χ4n) is 2.85. The lowest BCUT2D eigenvalue weighted by molar-refractivity contribution is -0.115. The average Bonchev–Trinajstić information content (AvgIpc) is 2.95. The van der Waals surface area contributed by atoms with Crippen molar-refractivity contribution in [3.8, 4) is 0 Å². The number of nitrogens with one attached hydrogen (secondary N) is 1. The van der Waals surface area contributed by atoms with E-state index in [2.05, 4.69) is 0 Å². The van der Waals surface area contributed by atoms with E-state index in [0.29, 0.717) is 11.3 Å². The third kappa shape index (κ3) is 4.30. The van der Waals surface area contributed by atoms with E-state index < -0.39 is 15.9 Å². The number of anilines is 1. The van der Waals surface area contributed by atoms with Crippen molar-refractivity contribution in [3.63, 3.8) is 0 Å². The molecular weight excluding hydrogens is 391 g/mol. The highest BCUT2D eigenvalue weighted by atomic mass is 32.2. The quantitative estimate of drug-likeness (QED) is 0.841. The molecule has 0 radical (unpaired) electrons. The molecule has 9 heteroatoms. The number of sulfonamides is 1. The second-order valence-corrected chi connectivity index (χ2v) is 9.00. The van der Waals surface area contributed by atoms with Crippen LogP contribution >= 0.6 is 11.8 Å². The molecule has 0 aliphatic carbocycles. The molecule has 0 aromatic heterocycles. The van der Waals surface area contributed by atoms with Gasteiger partial charge < -0.3 is 0 Å². The van der Waals surface area contributed by atoms with Crippen LogP contribution in [-0.4, -0.2) is 32.2 Å². The highest BCUT2D eigenvalue weighted by Crippen LogP contribution is 2.42. The zero-order chi connectivity index (χ0) is 19.8. The summed E-state index contributed by atoms with van der Waals surface area (Å²) in [5.74, 6) is -0.884. The van der Waals surface area contributed by atoms with E-state index >= 15 is 0 Å². The van der Waals surface area contributed by atoms with Gasteiger partial charge in [-0.05, 0) is 48.4 Å². The van der Waals surface area contributed by atoms with Gasteiger partial charge in [-0.3, -0.25) is 14.5 Å². The topological polar surface area (TPSA) is 83.6 Å². The predicted octanol–water partition coefficient (Wildman–Crippen LogP) is 2.60. The summed E-state index contributed by atoms with van der Waals surface area (Å²) < 4.78 is 37.6. The van der Waals surface area contributed by atoms with Gasteiger partial charge in [0.05, 0.1) is 12.0 Å². The van der Waals surface area contributed by atoms with Crippen molar-refractivity contribution in [2.24, 2.45) is 0 Å². The highest BCUT2D eigenvalue weighted by molar-refractivity contribution is 8.00. The van der Waals surface area contributed by atoms with Gasteiger partial charge in [0.25, 0.3) is 5.91 Å². The predicted molar refractivity (Wildman–Crippen MR) is 103 cm³/mol. The Balaban J connectivity index is 1.93. The number of carbonyl (C=O) groups excluding carboxylic acids is 2. The molecule has 1 fully saturated rings. The molecule has 0 bridgehead atoms. The number of rotatable bonds is 4. The molecule has 2 amide bonds. The minimum Gasteiger partial charge on any atom is -0.295 e. The van der Waals surface area contributed by atoms with E-state index in [1.54, 1.807) is 30.0 Å². The van der Waals surface area contributed by atoms with Crippen molar-refractivity contribution in [1.82, 2.24) is 4.72 Å². The monoisotopic (exact) mass is 408 g/mol. The molecule has 2 aromatic carbocycles. The summed E-state index contributed by atoms with van der Waals surface area (Å²) in [6.45, 7) is 1.74. The number of hydrogen-bond acceptors (Lipinski definition) is 5. The first-order valence-corrected chi connectivity index (χ1v) is 10.9. The fourth-order valence-corrected chi connectivity index (χ4v) is 4.48. The molecule has 0 saturated carbocycles. The van der Waals surface area contributed by atoms with Crippen molar-refractivity contribution in [3.05, 3.63) is 65.0 Å². The lowest BCUT2D eigenvalue weighted by atomic mass is 10.1. The highest BCUT2D eigenvalue weighted by Gasteiger charge is 2.35. The van der Waals surface area contributed by atoms with Crippen molar-refractivity contribution in [2.75, 3.05) is 16.9 Å². The van der Waals surface area contributed by atoms with E-state index in [1.165, 1.54) is 36.0 Å². The number of amides is 2. The van der Waals surface area contributed by atoms with Crippen LogP contribution in [0, 0.1) is 12.7 Å². The summed E-state index contributed by atoms with van der Waals surface area (Å²) >= 11 is 1.43. The van der Waals surface area contributed by atoms with Crippen LogP contribution in [0.15, 0.2) is 42.5 Å². The van der Waals surface area contributed by atoms with Crippen molar-refractivity contribution >= 4 is 39.3 Å². The van der Waals surface area contributed by atoms with Gasteiger partial charge in [0, 0.05) is 11.3 Å². The zero-order valence-corrected chi connectivity index (χ0v) is 16.2. The van der Waals surface area contributed by atoms with Gasteiger partial charge in [0.15, 0.2) is 0 Å². The molecule has 3 rings (SSSR count). The summed E-state index contributed by atoms with van der Waals surface area (Å²) in [6, 6.07) is 10.6. The Morgan fingerprint density at radius 3 is 2.48 bits per heavy atom. The summed E-state index contributed by atoms with van der Waals surface area (Å²) in [5.41, 5.74) is 2.25. The van der Waals surface area contributed by atoms with Gasteiger partial charge in [0.2, 0.25) is 15.9 Å². The summed E-state index contributed by atoms with van der Waals surface area (Å²) in [4.78, 5) is 26.1. The van der Waals surface area contributed by atoms with Gasteiger partial charge in [0.1, 0.15) is 11.2 Å². The number of benzene rings is 2. The Morgan fingerprint density at radius 1 is 1.22 bits per heavy atom. The van der Waals surface area contributed by atoms with Gasteiger partial charge >= 0.3 is 0 Å². The first-order chi connectivity index (χ1) is 12.7. The number of aryl methyl sites for hydroxylation is 1. The summed E-state index contributed by atoms with van der Waals surface area (Å²) in [6.07, 6.45) is 0.902. The maximum atomic E-state index is 13.2. The van der Waals surface area contributed by atoms with Gasteiger partial charge in [-0.15, -0.1) is 11.8 Å². The molecule has 2 aromatic rings. The molecular formula is C18H17FN2O4S2. The van der Waals surface area contributed by atoms with Gasteiger partial charge in [-0.1, -0.05) is 12.1 Å². The largest absolute Gasteiger partial charge is 0.295 e. The van der Waals surface area contributed by atoms with Crippen molar-refractivity contribution < 1.29 is 22.4 Å². The molecule has 27 heavy (non-hydrogen) atoms. The number of halogens is 1. The van der Waals surface area contributed by atoms with Crippen LogP contribution in [0.2, 0.25) is 0 Å². The lowest BCUT2D eigenvalue weighted by Gasteiger charge is -2.26. The molecule has 1 saturated heterocycles. The van der Waals surface area contributed by atoms with Crippen LogP contribution in [0.1, 0.15) is 26.9 Å². The Hall–Kier alpha value is -2.39. The van der Waals surface area contributed by atoms with Crippen LogP contribution in [0.5, 0.6) is 0 Å². The van der Waals surface area contributed by atoms with Crippen molar-refractivity contribution in [1.29, 1.82) is 0 Å². The number of thioether (sulfide) groups is 1. The summed E-state index contributed by atoms with van der Waals surface area (Å²) in [5, 5.41) is -0.299. The molecule has 1 heterocycles. The number of carbonyl (C=O) groups is 2. The molecule has 1 aliphatic heterocycles. The van der Waals surface area contributed by atoms with E-state index in [-0.39, 0.29) is 28.4 Å². The van der Waals surface area contributed by atoms with Crippen LogP contribution < -0.4 is 9.62 Å². The molecule has 142 valence electrons. The molecule has 1 unspecified atom stereocenters. The first-order valence-electron chi connectivity index (χ1n) is 7.97. The lowest BCUT2D eigenvalue weighted by Crippen LogP contribution is -2.30. The first kappa shape index (κ1) is 19.4. The molecule has 0 spiro atoms. The Morgan fingerprint density at radius 2 is 1.89 bits per heavy atom. The van der Waals surface area contributed by atoms with E-state index in [0.717, 1.165) is 11.8 Å². The molecule has 1 aliphatic rings. The van der Waals surface area contributed by atoms with E-state index in [9.17, 15) is 22.4 Å². The van der Waals surface area contributed by atoms with Gasteiger partial charge in [-0.25, -0.2) is 17.5 Å². The number of hydrogen-bond donors (Lipinski definition) is 1. The maximum Gasteiger partial charge on any atom is 0.264 e. The molecule has 1 atom stereocenters. The second-order valence-electron chi connectivity index (χ2n) is 6.18. The zero-order valence-electron chi connectivity index (χ0n) is 14.6. The minimum atomic E-state index is -3.67. The Kier molecular flexibility index (Phi) is 5.25. The minimum absolute atomic E-state index is 0.0919. The van der Waals surface area contributed by atoms with Crippen LogP contribution in [0.3, 0.4) is 0 Å². The Labute approximate surface area is 160 Å². The standard InChI is InChI=1S/C18H17FN2O4S2/c1-11-9-13(17(23)20-27(2,24)25)5-8-15(11)21-16(22)10-26-18(21)12-3-6-14(19)7-4-12/h3-9,18H,10H2,1-2H3,(H,20,23). The Bertz CT molecular complexity index is 1010. The van der Waals surface area contributed by atoms with E-state index in [4.69, 9.17) is 0 Å². The third-order valence-corrected chi connectivity index (χ3v) is 5.79. The van der Waals surface area contributed by atoms with Crippen molar-refractivity contribution in [2.45, 2.75) is 12.3 Å². The normalized spacial score (nSPS) is 17.2.